The summed E-state index contributed by atoms with van der Waals surface area (Å²) in [6, 6.07) is 9.17. The number of amides is 2. The quantitative estimate of drug-likeness (QED) is 0.578. The Morgan fingerprint density at radius 2 is 1.45 bits per heavy atom. The number of hydrogen-bond acceptors (Lipinski definition) is 3. The van der Waals surface area contributed by atoms with Gasteiger partial charge in [-0.25, -0.2) is 4.90 Å². The Morgan fingerprint density at radius 3 is 2.00 bits per heavy atom. The molecule has 0 aromatic heterocycles. The molecule has 4 heteroatoms. The van der Waals surface area contributed by atoms with Crippen LogP contribution in [0.1, 0.15) is 12.8 Å². The Morgan fingerprint density at radius 1 is 0.900 bits per heavy atom. The van der Waals surface area contributed by atoms with Crippen molar-refractivity contribution in [3.63, 3.8) is 0 Å². The number of hydrogen-bond donors (Lipinski definition) is 0. The van der Waals surface area contributed by atoms with E-state index in [0.29, 0.717) is 5.69 Å². The molecule has 0 radical (unpaired) electrons. The van der Waals surface area contributed by atoms with Gasteiger partial charge in [-0.2, -0.15) is 0 Å². The van der Waals surface area contributed by atoms with Crippen molar-refractivity contribution < 1.29 is 14.3 Å². The first-order valence-electron chi connectivity index (χ1n) is 7.00. The minimum Gasteiger partial charge on any atom is -0.373 e. The Labute approximate surface area is 117 Å². The van der Waals surface area contributed by atoms with Crippen LogP contribution in [0.4, 0.5) is 5.69 Å². The maximum atomic E-state index is 12.7. The molecule has 2 fully saturated rings. The maximum Gasteiger partial charge on any atom is 0.240 e. The lowest BCUT2D eigenvalue weighted by atomic mass is 9.85. The van der Waals surface area contributed by atoms with Crippen molar-refractivity contribution in [1.29, 1.82) is 0 Å². The van der Waals surface area contributed by atoms with Crippen molar-refractivity contribution in [3.8, 4) is 0 Å². The minimum atomic E-state index is -0.308. The third-order valence-corrected chi connectivity index (χ3v) is 4.47. The number of fused-ring (bicyclic) bond motifs is 5. The summed E-state index contributed by atoms with van der Waals surface area (Å²) >= 11 is 0. The van der Waals surface area contributed by atoms with Crippen LogP contribution in [0.25, 0.3) is 0 Å². The van der Waals surface area contributed by atoms with E-state index >= 15 is 0 Å². The highest BCUT2D eigenvalue weighted by atomic mass is 16.5. The van der Waals surface area contributed by atoms with Gasteiger partial charge in [0.25, 0.3) is 0 Å². The number of benzene rings is 1. The zero-order chi connectivity index (χ0) is 13.7. The van der Waals surface area contributed by atoms with Gasteiger partial charge in [-0.3, -0.25) is 9.59 Å². The van der Waals surface area contributed by atoms with E-state index in [1.54, 1.807) is 12.1 Å². The van der Waals surface area contributed by atoms with Crippen LogP contribution in [0, 0.1) is 11.8 Å². The molecule has 4 nitrogen and oxygen atoms in total. The largest absolute Gasteiger partial charge is 0.373 e. The van der Waals surface area contributed by atoms with Crippen LogP contribution in [-0.2, 0) is 14.3 Å². The molecule has 4 atom stereocenters. The summed E-state index contributed by atoms with van der Waals surface area (Å²) in [7, 11) is 0. The average molecular weight is 269 g/mol. The van der Waals surface area contributed by atoms with E-state index < -0.39 is 0 Å². The molecule has 0 unspecified atom stereocenters. The molecular weight excluding hydrogens is 254 g/mol. The zero-order valence-corrected chi connectivity index (χ0v) is 10.9. The maximum absolute atomic E-state index is 12.7. The fraction of sp³-hybridized carbons (Fsp3) is 0.375. The van der Waals surface area contributed by atoms with E-state index in [9.17, 15) is 9.59 Å². The number of imide groups is 1. The molecule has 0 saturated carbocycles. The molecule has 0 spiro atoms. The van der Waals surface area contributed by atoms with E-state index in [1.807, 2.05) is 18.2 Å². The Kier molecular flexibility index (Phi) is 2.54. The average Bonchev–Trinajstić information content (AvgIpc) is 2.80. The van der Waals surface area contributed by atoms with Crippen LogP contribution in [0.15, 0.2) is 42.5 Å². The van der Waals surface area contributed by atoms with Gasteiger partial charge >= 0.3 is 0 Å². The molecular formula is C16H15NO3. The predicted octanol–water partition coefficient (Wildman–Crippen LogP) is 1.91. The fourth-order valence-electron chi connectivity index (χ4n) is 3.58. The van der Waals surface area contributed by atoms with E-state index in [0.717, 1.165) is 12.8 Å². The van der Waals surface area contributed by atoms with Gasteiger partial charge in [0, 0.05) is 0 Å². The summed E-state index contributed by atoms with van der Waals surface area (Å²) in [6.07, 6.45) is 5.27. The van der Waals surface area contributed by atoms with Gasteiger partial charge in [0.15, 0.2) is 0 Å². The van der Waals surface area contributed by atoms with Crippen molar-refractivity contribution >= 4 is 17.5 Å². The molecule has 3 aliphatic heterocycles. The Hall–Kier alpha value is -1.94. The molecule has 0 N–H and O–H groups in total. The number of anilines is 1. The van der Waals surface area contributed by atoms with Crippen LogP contribution in [0.3, 0.4) is 0 Å². The van der Waals surface area contributed by atoms with Crippen LogP contribution >= 0.6 is 0 Å². The topological polar surface area (TPSA) is 46.6 Å². The summed E-state index contributed by atoms with van der Waals surface area (Å²) in [5.41, 5.74) is 0.668. The van der Waals surface area contributed by atoms with E-state index in [4.69, 9.17) is 4.74 Å². The van der Waals surface area contributed by atoms with Crippen molar-refractivity contribution in [1.82, 2.24) is 0 Å². The second kappa shape index (κ2) is 4.28. The summed E-state index contributed by atoms with van der Waals surface area (Å²) in [4.78, 5) is 26.7. The summed E-state index contributed by atoms with van der Waals surface area (Å²) < 4.78 is 5.88. The van der Waals surface area contributed by atoms with Crippen LogP contribution < -0.4 is 4.90 Å². The molecule has 2 amide bonds. The first kappa shape index (κ1) is 11.9. The first-order valence-corrected chi connectivity index (χ1v) is 7.00. The van der Waals surface area contributed by atoms with Crippen molar-refractivity contribution in [2.75, 3.05) is 4.90 Å². The Balaban J connectivity index is 1.74. The van der Waals surface area contributed by atoms with Crippen molar-refractivity contribution in [2.24, 2.45) is 11.8 Å². The number of carbonyl (C=O) groups is 2. The second-order valence-electron chi connectivity index (χ2n) is 5.55. The Bertz CT molecular complexity index is 563. The third-order valence-electron chi connectivity index (χ3n) is 4.47. The minimum absolute atomic E-state index is 0.103. The summed E-state index contributed by atoms with van der Waals surface area (Å²) in [6.45, 7) is 0. The molecule has 3 heterocycles. The number of rotatable bonds is 1. The molecule has 20 heavy (non-hydrogen) atoms. The van der Waals surface area contributed by atoms with Crippen molar-refractivity contribution in [2.45, 2.75) is 25.0 Å². The van der Waals surface area contributed by atoms with E-state index in [2.05, 4.69) is 12.2 Å². The number of carbonyl (C=O) groups excluding carboxylic acids is 2. The third kappa shape index (κ3) is 1.51. The lowest BCUT2D eigenvalue weighted by Crippen LogP contribution is -2.35. The smallest absolute Gasteiger partial charge is 0.240 e. The lowest BCUT2D eigenvalue weighted by Gasteiger charge is -2.19. The van der Waals surface area contributed by atoms with Crippen molar-refractivity contribution in [3.05, 3.63) is 42.5 Å². The summed E-state index contributed by atoms with van der Waals surface area (Å²) in [5.74, 6) is -0.821. The fourth-order valence-corrected chi connectivity index (χ4v) is 3.58. The van der Waals surface area contributed by atoms with Gasteiger partial charge in [-0.1, -0.05) is 30.4 Å². The molecule has 1 aromatic rings. The van der Waals surface area contributed by atoms with E-state index in [-0.39, 0.29) is 35.9 Å². The highest BCUT2D eigenvalue weighted by molar-refractivity contribution is 6.22. The lowest BCUT2D eigenvalue weighted by molar-refractivity contribution is -0.125. The van der Waals surface area contributed by atoms with Crippen LogP contribution in [-0.4, -0.2) is 24.0 Å². The first-order chi connectivity index (χ1) is 9.77. The second-order valence-corrected chi connectivity index (χ2v) is 5.55. The molecule has 2 bridgehead atoms. The molecule has 102 valence electrons. The zero-order valence-electron chi connectivity index (χ0n) is 10.9. The molecule has 0 aliphatic carbocycles. The standard InChI is InChI=1S/C16H15NO3/c18-15-13-11-8-4-5-9-12(20-11)14(13)16(19)17(15)10-6-2-1-3-7-10/h1-7,11-14H,8-9H2/t11-,12+,13+,14-. The number of para-hydroxylation sites is 1. The van der Waals surface area contributed by atoms with Gasteiger partial charge in [0.2, 0.25) is 11.8 Å². The predicted molar refractivity (Wildman–Crippen MR) is 73.0 cm³/mol. The SMILES string of the molecule is O=C1[C@@H]2[C@H](C(=O)N1c1ccccc1)[C@@H]1CC=CC[C@H]2O1. The highest BCUT2D eigenvalue weighted by Crippen LogP contribution is 2.45. The van der Waals surface area contributed by atoms with Gasteiger partial charge in [0.05, 0.1) is 29.7 Å². The monoisotopic (exact) mass is 269 g/mol. The number of ether oxygens (including phenoxy) is 1. The van der Waals surface area contributed by atoms with Crippen LogP contribution in [0.5, 0.6) is 0 Å². The van der Waals surface area contributed by atoms with Gasteiger partial charge < -0.3 is 4.74 Å². The molecule has 4 rings (SSSR count). The molecule has 3 aliphatic rings. The number of nitrogens with zero attached hydrogens (tertiary/aromatic N) is 1. The molecule has 1 aromatic carbocycles. The normalized spacial score (nSPS) is 35.3. The van der Waals surface area contributed by atoms with Gasteiger partial charge in [-0.05, 0) is 25.0 Å². The molecule has 2 saturated heterocycles. The summed E-state index contributed by atoms with van der Waals surface area (Å²) in [5, 5.41) is 0. The van der Waals surface area contributed by atoms with Gasteiger partial charge in [-0.15, -0.1) is 0 Å². The van der Waals surface area contributed by atoms with Gasteiger partial charge in [0.1, 0.15) is 0 Å². The highest BCUT2D eigenvalue weighted by Gasteiger charge is 2.59. The van der Waals surface area contributed by atoms with Crippen LogP contribution in [0.2, 0.25) is 0 Å². The van der Waals surface area contributed by atoms with E-state index in [1.165, 1.54) is 4.90 Å².